The van der Waals surface area contributed by atoms with Crippen molar-refractivity contribution in [3.05, 3.63) is 52.6 Å². The van der Waals surface area contributed by atoms with Gasteiger partial charge in [0.15, 0.2) is 0 Å². The fraction of sp³-hybridized carbons (Fsp3) is 0.143. The van der Waals surface area contributed by atoms with Crippen LogP contribution in [-0.4, -0.2) is 5.91 Å². The van der Waals surface area contributed by atoms with Crippen LogP contribution in [-0.2, 0) is 4.79 Å². The van der Waals surface area contributed by atoms with Crippen LogP contribution in [0.15, 0.2) is 35.9 Å². The van der Waals surface area contributed by atoms with E-state index in [-0.39, 0.29) is 5.57 Å². The maximum absolute atomic E-state index is 10.8. The molecule has 0 heterocycles. The molecule has 0 unspecified atom stereocenters. The Kier molecular flexibility index (Phi) is 4.24. The number of carbonyl (C=O) groups is 1. The summed E-state index contributed by atoms with van der Waals surface area (Å²) in [5.41, 5.74) is 8.41. The third-order valence-corrected chi connectivity index (χ3v) is 2.47. The molecule has 1 amide bonds. The highest BCUT2D eigenvalue weighted by molar-refractivity contribution is 5.96. The molecular weight excluding hydrogens is 212 g/mol. The van der Waals surface area contributed by atoms with Crippen molar-refractivity contribution in [3.63, 3.8) is 0 Å². The standard InChI is InChI=1S/C14H14N2O/c1-10-6-7-12(8-11(10)2)4-3-5-13(9-15)14(16)17/h3-8H,1-2H3,(H2,16,17)/b4-3+,13-5+. The number of carbonyl (C=O) groups excluding carboxylic acids is 1. The van der Waals surface area contributed by atoms with Crippen LogP contribution >= 0.6 is 0 Å². The first kappa shape index (κ1) is 12.7. The topological polar surface area (TPSA) is 66.9 Å². The Morgan fingerprint density at radius 3 is 2.59 bits per heavy atom. The van der Waals surface area contributed by atoms with Gasteiger partial charge in [-0.3, -0.25) is 4.79 Å². The Labute approximate surface area is 101 Å². The Morgan fingerprint density at radius 2 is 2.06 bits per heavy atom. The van der Waals surface area contributed by atoms with Crippen LogP contribution in [0.2, 0.25) is 0 Å². The van der Waals surface area contributed by atoms with Gasteiger partial charge in [0.25, 0.3) is 5.91 Å². The molecule has 17 heavy (non-hydrogen) atoms. The number of benzene rings is 1. The van der Waals surface area contributed by atoms with Gasteiger partial charge in [-0.05, 0) is 36.6 Å². The molecule has 1 aromatic carbocycles. The van der Waals surface area contributed by atoms with Gasteiger partial charge in [0.1, 0.15) is 11.6 Å². The molecule has 86 valence electrons. The molecule has 0 aliphatic rings. The van der Waals surface area contributed by atoms with E-state index in [9.17, 15) is 4.79 Å². The molecular formula is C14H14N2O. The highest BCUT2D eigenvalue weighted by Crippen LogP contribution is 2.11. The highest BCUT2D eigenvalue weighted by Gasteiger charge is 1.99. The van der Waals surface area contributed by atoms with E-state index in [2.05, 4.69) is 0 Å². The van der Waals surface area contributed by atoms with E-state index in [1.54, 1.807) is 12.1 Å². The van der Waals surface area contributed by atoms with Gasteiger partial charge in [0, 0.05) is 0 Å². The summed E-state index contributed by atoms with van der Waals surface area (Å²) >= 11 is 0. The fourth-order valence-corrected chi connectivity index (χ4v) is 1.30. The summed E-state index contributed by atoms with van der Waals surface area (Å²) in [6.45, 7) is 4.08. The van der Waals surface area contributed by atoms with Gasteiger partial charge in [-0.1, -0.05) is 30.4 Å². The van der Waals surface area contributed by atoms with E-state index in [0.29, 0.717) is 0 Å². The summed E-state index contributed by atoms with van der Waals surface area (Å²) in [5, 5.41) is 8.62. The molecule has 0 aliphatic carbocycles. The number of hydrogen-bond donors (Lipinski definition) is 1. The largest absolute Gasteiger partial charge is 0.365 e. The monoisotopic (exact) mass is 226 g/mol. The first-order valence-electron chi connectivity index (χ1n) is 5.20. The minimum Gasteiger partial charge on any atom is -0.365 e. The predicted molar refractivity (Wildman–Crippen MR) is 67.8 cm³/mol. The quantitative estimate of drug-likeness (QED) is 0.488. The van der Waals surface area contributed by atoms with E-state index in [0.717, 1.165) is 5.56 Å². The summed E-state index contributed by atoms with van der Waals surface area (Å²) in [4.78, 5) is 10.8. The van der Waals surface area contributed by atoms with E-state index in [4.69, 9.17) is 11.0 Å². The van der Waals surface area contributed by atoms with Gasteiger partial charge in [-0.15, -0.1) is 0 Å². The molecule has 3 nitrogen and oxygen atoms in total. The summed E-state index contributed by atoms with van der Waals surface area (Å²) in [5.74, 6) is -0.711. The lowest BCUT2D eigenvalue weighted by molar-refractivity contribution is -0.114. The van der Waals surface area contributed by atoms with Crippen molar-refractivity contribution >= 4 is 12.0 Å². The maximum atomic E-state index is 10.8. The van der Waals surface area contributed by atoms with Crippen LogP contribution in [0.1, 0.15) is 16.7 Å². The zero-order valence-electron chi connectivity index (χ0n) is 9.90. The second-order valence-electron chi connectivity index (χ2n) is 3.76. The van der Waals surface area contributed by atoms with Gasteiger partial charge in [-0.2, -0.15) is 5.26 Å². The normalized spacial score (nSPS) is 11.5. The lowest BCUT2D eigenvalue weighted by Gasteiger charge is -2.00. The van der Waals surface area contributed by atoms with Crippen molar-refractivity contribution < 1.29 is 4.79 Å². The minimum atomic E-state index is -0.711. The summed E-state index contributed by atoms with van der Waals surface area (Å²) < 4.78 is 0. The Bertz CT molecular complexity index is 534. The predicted octanol–water partition coefficient (Wildman–Crippen LogP) is 2.25. The third-order valence-electron chi connectivity index (χ3n) is 2.47. The van der Waals surface area contributed by atoms with Crippen molar-refractivity contribution in [1.82, 2.24) is 0 Å². The number of amides is 1. The van der Waals surface area contributed by atoms with Crippen LogP contribution in [0.3, 0.4) is 0 Å². The Balaban J connectivity index is 2.88. The van der Waals surface area contributed by atoms with E-state index in [1.807, 2.05) is 38.1 Å². The fourth-order valence-electron chi connectivity index (χ4n) is 1.30. The average Bonchev–Trinajstić information content (AvgIpc) is 2.28. The molecule has 0 atom stereocenters. The van der Waals surface area contributed by atoms with Crippen molar-refractivity contribution in [2.45, 2.75) is 13.8 Å². The number of nitrogens with two attached hydrogens (primary N) is 1. The molecule has 2 N–H and O–H groups in total. The summed E-state index contributed by atoms with van der Waals surface area (Å²) in [6, 6.07) is 7.78. The van der Waals surface area contributed by atoms with Crippen LogP contribution in [0.5, 0.6) is 0 Å². The van der Waals surface area contributed by atoms with Crippen molar-refractivity contribution in [1.29, 1.82) is 5.26 Å². The van der Waals surface area contributed by atoms with E-state index < -0.39 is 5.91 Å². The number of aryl methyl sites for hydroxylation is 2. The average molecular weight is 226 g/mol. The number of nitriles is 1. The second-order valence-corrected chi connectivity index (χ2v) is 3.76. The summed E-state index contributed by atoms with van der Waals surface area (Å²) in [7, 11) is 0. The third kappa shape index (κ3) is 3.62. The zero-order valence-corrected chi connectivity index (χ0v) is 9.90. The molecule has 0 radical (unpaired) electrons. The number of rotatable bonds is 3. The Hall–Kier alpha value is -2.34. The van der Waals surface area contributed by atoms with Gasteiger partial charge in [-0.25, -0.2) is 0 Å². The molecule has 1 rings (SSSR count). The molecule has 0 fully saturated rings. The molecule has 3 heteroatoms. The maximum Gasteiger partial charge on any atom is 0.259 e. The van der Waals surface area contributed by atoms with Crippen molar-refractivity contribution in [2.75, 3.05) is 0 Å². The lowest BCUT2D eigenvalue weighted by Crippen LogP contribution is -2.12. The lowest BCUT2D eigenvalue weighted by atomic mass is 10.1. The molecule has 0 aliphatic heterocycles. The number of primary amides is 1. The van der Waals surface area contributed by atoms with Gasteiger partial charge >= 0.3 is 0 Å². The van der Waals surface area contributed by atoms with E-state index in [1.165, 1.54) is 17.2 Å². The van der Waals surface area contributed by atoms with Gasteiger partial charge in [0.2, 0.25) is 0 Å². The SMILES string of the molecule is Cc1ccc(/C=C/C=C(\C#N)C(N)=O)cc1C. The molecule has 0 saturated carbocycles. The second kappa shape index (κ2) is 5.66. The first-order chi connectivity index (χ1) is 8.04. The molecule has 0 aromatic heterocycles. The number of allylic oxidation sites excluding steroid dienone is 2. The van der Waals surface area contributed by atoms with Gasteiger partial charge < -0.3 is 5.73 Å². The zero-order chi connectivity index (χ0) is 12.8. The number of hydrogen-bond acceptors (Lipinski definition) is 2. The molecule has 1 aromatic rings. The van der Waals surface area contributed by atoms with Crippen LogP contribution in [0, 0.1) is 25.2 Å². The smallest absolute Gasteiger partial charge is 0.259 e. The van der Waals surface area contributed by atoms with Crippen LogP contribution in [0.4, 0.5) is 0 Å². The van der Waals surface area contributed by atoms with E-state index >= 15 is 0 Å². The van der Waals surface area contributed by atoms with Crippen LogP contribution < -0.4 is 5.73 Å². The number of nitrogens with zero attached hydrogens (tertiary/aromatic N) is 1. The van der Waals surface area contributed by atoms with Gasteiger partial charge in [0.05, 0.1) is 0 Å². The van der Waals surface area contributed by atoms with Crippen molar-refractivity contribution in [3.8, 4) is 6.07 Å². The molecule has 0 saturated heterocycles. The Morgan fingerprint density at radius 1 is 1.35 bits per heavy atom. The molecule has 0 spiro atoms. The summed E-state index contributed by atoms with van der Waals surface area (Å²) in [6.07, 6.45) is 4.89. The highest BCUT2D eigenvalue weighted by atomic mass is 16.1. The van der Waals surface area contributed by atoms with Crippen LogP contribution in [0.25, 0.3) is 6.08 Å². The first-order valence-corrected chi connectivity index (χ1v) is 5.20. The van der Waals surface area contributed by atoms with Crippen molar-refractivity contribution in [2.24, 2.45) is 5.73 Å². The molecule has 0 bridgehead atoms. The minimum absolute atomic E-state index is 0.0508.